The molecule has 0 saturated carbocycles. The Morgan fingerprint density at radius 2 is 2.11 bits per heavy atom. The third-order valence-corrected chi connectivity index (χ3v) is 3.32. The number of nitrogens with zero attached hydrogens (tertiary/aromatic N) is 1. The number of aryl methyl sites for hydroxylation is 1. The molecular weight excluding hydrogens is 238 g/mol. The molecule has 0 aliphatic heterocycles. The molecule has 4 nitrogen and oxygen atoms in total. The van der Waals surface area contributed by atoms with Gasteiger partial charge in [-0.2, -0.15) is 0 Å². The zero-order valence-corrected chi connectivity index (χ0v) is 11.4. The number of carbonyl (C=O) groups is 1. The molecule has 0 bridgehead atoms. The van der Waals surface area contributed by atoms with Crippen molar-refractivity contribution in [2.45, 2.75) is 25.8 Å². The van der Waals surface area contributed by atoms with Crippen LogP contribution in [0, 0.1) is 0 Å². The normalized spacial score (nSPS) is 11.0. The van der Waals surface area contributed by atoms with Crippen molar-refractivity contribution in [3.8, 4) is 0 Å². The van der Waals surface area contributed by atoms with Crippen LogP contribution in [0.1, 0.15) is 24.8 Å². The summed E-state index contributed by atoms with van der Waals surface area (Å²) in [5.41, 5.74) is 7.67. The van der Waals surface area contributed by atoms with E-state index < -0.39 is 0 Å². The van der Waals surface area contributed by atoms with Gasteiger partial charge in [-0.3, -0.25) is 4.79 Å². The lowest BCUT2D eigenvalue weighted by Gasteiger charge is -2.03. The highest BCUT2D eigenvalue weighted by Gasteiger charge is 2.04. The Kier molecular flexibility index (Phi) is 4.58. The van der Waals surface area contributed by atoms with Crippen LogP contribution < -0.4 is 11.1 Å². The minimum Gasteiger partial charge on any atom is -0.370 e. The van der Waals surface area contributed by atoms with E-state index in [-0.39, 0.29) is 5.91 Å². The summed E-state index contributed by atoms with van der Waals surface area (Å²) in [4.78, 5) is 10.6. The van der Waals surface area contributed by atoms with Crippen molar-refractivity contribution in [2.24, 2.45) is 12.8 Å². The first-order valence-electron chi connectivity index (χ1n) is 6.70. The van der Waals surface area contributed by atoms with E-state index in [1.807, 2.05) is 0 Å². The molecule has 1 aromatic carbocycles. The molecule has 0 spiro atoms. The fourth-order valence-corrected chi connectivity index (χ4v) is 2.34. The van der Waals surface area contributed by atoms with Gasteiger partial charge in [-0.05, 0) is 31.0 Å². The molecule has 4 heteroatoms. The highest BCUT2D eigenvalue weighted by Crippen LogP contribution is 2.19. The van der Waals surface area contributed by atoms with Crippen molar-refractivity contribution in [3.63, 3.8) is 0 Å². The van der Waals surface area contributed by atoms with Gasteiger partial charge in [-0.1, -0.05) is 18.2 Å². The molecule has 0 fully saturated rings. The number of fused-ring (bicyclic) bond motifs is 1. The van der Waals surface area contributed by atoms with Gasteiger partial charge in [-0.25, -0.2) is 0 Å². The van der Waals surface area contributed by atoms with Crippen LogP contribution in [0.5, 0.6) is 0 Å². The highest BCUT2D eigenvalue weighted by atomic mass is 16.1. The molecule has 0 saturated heterocycles. The molecule has 2 rings (SSSR count). The third-order valence-electron chi connectivity index (χ3n) is 3.32. The zero-order chi connectivity index (χ0) is 13.7. The number of benzene rings is 1. The standard InChI is InChI=1S/C15H21N3O/c1-18-11-12(13-6-2-3-7-14(13)18)10-17-9-5-4-8-15(16)19/h2-3,6-7,11,17H,4-5,8-10H2,1H3,(H2,16,19). The first-order valence-corrected chi connectivity index (χ1v) is 6.70. The summed E-state index contributed by atoms with van der Waals surface area (Å²) in [6.07, 6.45) is 4.49. The summed E-state index contributed by atoms with van der Waals surface area (Å²) in [5.74, 6) is -0.214. The largest absolute Gasteiger partial charge is 0.370 e. The summed E-state index contributed by atoms with van der Waals surface area (Å²) in [6.45, 7) is 1.77. The molecule has 0 unspecified atom stereocenters. The van der Waals surface area contributed by atoms with E-state index in [1.54, 1.807) is 0 Å². The van der Waals surface area contributed by atoms with Crippen molar-refractivity contribution < 1.29 is 4.79 Å². The van der Waals surface area contributed by atoms with Gasteiger partial charge in [0, 0.05) is 37.1 Å². The Balaban J connectivity index is 1.83. The second kappa shape index (κ2) is 6.38. The lowest BCUT2D eigenvalue weighted by atomic mass is 10.1. The lowest BCUT2D eigenvalue weighted by Crippen LogP contribution is -2.16. The van der Waals surface area contributed by atoms with Crippen LogP contribution in [0.15, 0.2) is 30.5 Å². The molecule has 19 heavy (non-hydrogen) atoms. The Morgan fingerprint density at radius 3 is 2.89 bits per heavy atom. The molecular formula is C15H21N3O. The smallest absolute Gasteiger partial charge is 0.217 e. The van der Waals surface area contributed by atoms with E-state index in [2.05, 4.69) is 47.4 Å². The van der Waals surface area contributed by atoms with E-state index >= 15 is 0 Å². The van der Waals surface area contributed by atoms with Crippen molar-refractivity contribution in [1.82, 2.24) is 9.88 Å². The monoisotopic (exact) mass is 259 g/mol. The predicted octanol–water partition coefficient (Wildman–Crippen LogP) is 1.92. The van der Waals surface area contributed by atoms with Gasteiger partial charge >= 0.3 is 0 Å². The highest BCUT2D eigenvalue weighted by molar-refractivity contribution is 5.83. The number of hydrogen-bond donors (Lipinski definition) is 2. The summed E-state index contributed by atoms with van der Waals surface area (Å²) in [5, 5.41) is 4.72. The molecule has 1 amide bonds. The Hall–Kier alpha value is -1.81. The van der Waals surface area contributed by atoms with Gasteiger partial charge < -0.3 is 15.6 Å². The van der Waals surface area contributed by atoms with Crippen LogP contribution in [-0.4, -0.2) is 17.0 Å². The van der Waals surface area contributed by atoms with Gasteiger partial charge in [0.05, 0.1) is 0 Å². The number of nitrogens with two attached hydrogens (primary N) is 1. The number of para-hydroxylation sites is 1. The number of nitrogens with one attached hydrogen (secondary N) is 1. The Bertz CT molecular complexity index is 560. The van der Waals surface area contributed by atoms with Crippen LogP contribution >= 0.6 is 0 Å². The number of rotatable bonds is 7. The van der Waals surface area contributed by atoms with Crippen molar-refractivity contribution >= 4 is 16.8 Å². The molecule has 102 valence electrons. The van der Waals surface area contributed by atoms with Gasteiger partial charge in [0.25, 0.3) is 0 Å². The van der Waals surface area contributed by atoms with Crippen LogP contribution in [0.25, 0.3) is 10.9 Å². The fraction of sp³-hybridized carbons (Fsp3) is 0.400. The quantitative estimate of drug-likeness (QED) is 0.746. The van der Waals surface area contributed by atoms with Crippen molar-refractivity contribution in [2.75, 3.05) is 6.54 Å². The first kappa shape index (κ1) is 13.6. The van der Waals surface area contributed by atoms with Crippen molar-refractivity contribution in [3.05, 3.63) is 36.0 Å². The second-order valence-corrected chi connectivity index (χ2v) is 4.88. The average Bonchev–Trinajstić information content (AvgIpc) is 2.71. The molecule has 2 aromatic rings. The van der Waals surface area contributed by atoms with Gasteiger partial charge in [0.2, 0.25) is 5.91 Å². The maximum atomic E-state index is 10.6. The Morgan fingerprint density at radius 1 is 1.32 bits per heavy atom. The molecule has 1 aromatic heterocycles. The maximum absolute atomic E-state index is 10.6. The second-order valence-electron chi connectivity index (χ2n) is 4.88. The maximum Gasteiger partial charge on any atom is 0.217 e. The van der Waals surface area contributed by atoms with Gasteiger partial charge in [-0.15, -0.1) is 0 Å². The van der Waals surface area contributed by atoms with Crippen LogP contribution in [0.2, 0.25) is 0 Å². The minimum atomic E-state index is -0.214. The zero-order valence-electron chi connectivity index (χ0n) is 11.4. The molecule has 1 heterocycles. The summed E-state index contributed by atoms with van der Waals surface area (Å²) in [6, 6.07) is 8.41. The third kappa shape index (κ3) is 3.58. The van der Waals surface area contributed by atoms with Gasteiger partial charge in [0.1, 0.15) is 0 Å². The molecule has 0 aliphatic carbocycles. The van der Waals surface area contributed by atoms with Crippen LogP contribution in [0.4, 0.5) is 0 Å². The lowest BCUT2D eigenvalue weighted by molar-refractivity contribution is -0.118. The van der Waals surface area contributed by atoms with E-state index in [0.717, 1.165) is 25.9 Å². The van der Waals surface area contributed by atoms with Crippen molar-refractivity contribution in [1.29, 1.82) is 0 Å². The number of amides is 1. The number of unbranched alkanes of at least 4 members (excludes halogenated alkanes) is 1. The van der Waals surface area contributed by atoms with Gasteiger partial charge in [0.15, 0.2) is 0 Å². The topological polar surface area (TPSA) is 60.1 Å². The predicted molar refractivity (Wildman–Crippen MR) is 77.7 cm³/mol. The van der Waals surface area contributed by atoms with E-state index in [4.69, 9.17) is 5.73 Å². The molecule has 0 aliphatic rings. The fourth-order valence-electron chi connectivity index (χ4n) is 2.34. The number of aromatic nitrogens is 1. The Labute approximate surface area is 113 Å². The van der Waals surface area contributed by atoms with Crippen LogP contribution in [0.3, 0.4) is 0 Å². The molecule has 0 atom stereocenters. The van der Waals surface area contributed by atoms with E-state index in [9.17, 15) is 4.79 Å². The summed E-state index contributed by atoms with van der Waals surface area (Å²) >= 11 is 0. The molecule has 0 radical (unpaired) electrons. The number of hydrogen-bond acceptors (Lipinski definition) is 2. The number of carbonyl (C=O) groups excluding carboxylic acids is 1. The van der Waals surface area contributed by atoms with E-state index in [1.165, 1.54) is 16.5 Å². The summed E-state index contributed by atoms with van der Waals surface area (Å²) < 4.78 is 2.15. The first-order chi connectivity index (χ1) is 9.18. The minimum absolute atomic E-state index is 0.214. The average molecular weight is 259 g/mol. The van der Waals surface area contributed by atoms with Crippen LogP contribution in [-0.2, 0) is 18.4 Å². The molecule has 3 N–H and O–H groups in total. The summed E-state index contributed by atoms with van der Waals surface area (Å²) in [7, 11) is 2.07. The van der Waals surface area contributed by atoms with E-state index in [0.29, 0.717) is 6.42 Å². The number of primary amides is 1. The SMILES string of the molecule is Cn1cc(CNCCCCC(N)=O)c2ccccc21.